The van der Waals surface area contributed by atoms with Crippen LogP contribution in [0.2, 0.25) is 0 Å². The fourth-order valence-electron chi connectivity index (χ4n) is 3.38. The van der Waals surface area contributed by atoms with E-state index in [0.717, 1.165) is 30.5 Å². The fourth-order valence-corrected chi connectivity index (χ4v) is 3.38. The zero-order valence-electron chi connectivity index (χ0n) is 17.9. The van der Waals surface area contributed by atoms with Gasteiger partial charge >= 0.3 is 5.97 Å². The zero-order chi connectivity index (χ0) is 22.2. The monoisotopic (exact) mass is 421 g/mol. The minimum atomic E-state index is -0.922. The summed E-state index contributed by atoms with van der Waals surface area (Å²) < 4.78 is 16.0. The molecule has 6 heteroatoms. The Labute approximate surface area is 182 Å². The second-order valence-corrected chi connectivity index (χ2v) is 7.25. The van der Waals surface area contributed by atoms with Crippen LogP contribution in [0.15, 0.2) is 55.1 Å². The number of hydrogen-bond donors (Lipinski definition) is 1. The summed E-state index contributed by atoms with van der Waals surface area (Å²) in [5, 5.41) is 2.81. The first-order valence-corrected chi connectivity index (χ1v) is 10.2. The van der Waals surface area contributed by atoms with Gasteiger partial charge in [0.2, 0.25) is 0 Å². The van der Waals surface area contributed by atoms with E-state index >= 15 is 0 Å². The molecule has 31 heavy (non-hydrogen) atoms. The van der Waals surface area contributed by atoms with Crippen LogP contribution in [0.3, 0.4) is 0 Å². The molecule has 2 aromatic rings. The highest BCUT2D eigenvalue weighted by atomic mass is 16.5. The third-order valence-corrected chi connectivity index (χ3v) is 4.98. The lowest BCUT2D eigenvalue weighted by molar-refractivity contribution is -0.148. The summed E-state index contributed by atoms with van der Waals surface area (Å²) in [5.41, 5.74) is 4.05. The highest BCUT2D eigenvalue weighted by Gasteiger charge is 2.18. The molecule has 0 saturated carbocycles. The number of ether oxygens (including phenoxy) is 3. The van der Waals surface area contributed by atoms with Crippen LogP contribution in [-0.4, -0.2) is 31.7 Å². The standard InChI is InChI=1S/C25H27NO5/c1-4-14-30-22-12-8-18(15-23(22)29-3)9-13-24(27)31-17(2)25(28)26-21-11-10-19-6-5-7-20(19)16-21/h4,8-13,15-17H,1,5-7,14H2,2-3H3,(H,26,28)/b13-9+/t17-/m0/s1. The van der Waals surface area contributed by atoms with Gasteiger partial charge in [-0.1, -0.05) is 24.8 Å². The molecule has 1 aliphatic carbocycles. The highest BCUT2D eigenvalue weighted by molar-refractivity contribution is 5.96. The third-order valence-electron chi connectivity index (χ3n) is 4.98. The summed E-state index contributed by atoms with van der Waals surface area (Å²) in [6.45, 7) is 5.52. The van der Waals surface area contributed by atoms with Crippen molar-refractivity contribution in [2.45, 2.75) is 32.3 Å². The van der Waals surface area contributed by atoms with Gasteiger partial charge in [0.1, 0.15) is 6.61 Å². The molecule has 0 bridgehead atoms. The maximum atomic E-state index is 12.4. The lowest BCUT2D eigenvalue weighted by Crippen LogP contribution is -2.29. The molecule has 3 rings (SSSR count). The van der Waals surface area contributed by atoms with Gasteiger partial charge in [-0.3, -0.25) is 4.79 Å². The van der Waals surface area contributed by atoms with E-state index in [9.17, 15) is 9.59 Å². The minimum absolute atomic E-state index is 0.364. The Morgan fingerprint density at radius 2 is 1.94 bits per heavy atom. The van der Waals surface area contributed by atoms with Crippen LogP contribution in [0.5, 0.6) is 11.5 Å². The van der Waals surface area contributed by atoms with Gasteiger partial charge in [-0.15, -0.1) is 0 Å². The largest absolute Gasteiger partial charge is 0.493 e. The molecule has 0 radical (unpaired) electrons. The molecule has 1 amide bonds. The molecule has 0 fully saturated rings. The van der Waals surface area contributed by atoms with Crippen molar-refractivity contribution in [3.8, 4) is 11.5 Å². The lowest BCUT2D eigenvalue weighted by atomic mass is 10.1. The van der Waals surface area contributed by atoms with Gasteiger partial charge in [-0.05, 0) is 73.2 Å². The van der Waals surface area contributed by atoms with E-state index in [-0.39, 0.29) is 5.91 Å². The molecule has 1 atom stereocenters. The Morgan fingerprint density at radius 3 is 2.71 bits per heavy atom. The van der Waals surface area contributed by atoms with Crippen molar-refractivity contribution in [2.75, 3.05) is 19.0 Å². The molecule has 162 valence electrons. The maximum Gasteiger partial charge on any atom is 0.331 e. The molecule has 6 nitrogen and oxygen atoms in total. The van der Waals surface area contributed by atoms with Crippen molar-refractivity contribution in [3.63, 3.8) is 0 Å². The molecule has 1 N–H and O–H groups in total. The van der Waals surface area contributed by atoms with Crippen LogP contribution in [0.1, 0.15) is 30.0 Å². The van der Waals surface area contributed by atoms with E-state index in [1.54, 1.807) is 44.4 Å². The highest BCUT2D eigenvalue weighted by Crippen LogP contribution is 2.28. The first kappa shape index (κ1) is 22.2. The van der Waals surface area contributed by atoms with Gasteiger partial charge < -0.3 is 19.5 Å². The number of carbonyl (C=O) groups excluding carboxylic acids is 2. The zero-order valence-corrected chi connectivity index (χ0v) is 17.9. The van der Waals surface area contributed by atoms with E-state index in [4.69, 9.17) is 14.2 Å². The van der Waals surface area contributed by atoms with Crippen molar-refractivity contribution in [3.05, 3.63) is 71.8 Å². The van der Waals surface area contributed by atoms with Gasteiger partial charge in [-0.2, -0.15) is 0 Å². The topological polar surface area (TPSA) is 73.9 Å². The van der Waals surface area contributed by atoms with Crippen LogP contribution < -0.4 is 14.8 Å². The molecule has 0 spiro atoms. The molecule has 1 aliphatic rings. The Bertz CT molecular complexity index is 995. The SMILES string of the molecule is C=CCOc1ccc(/C=C/C(=O)O[C@@H](C)C(=O)Nc2ccc3c(c2)CCC3)cc1OC. The molecular weight excluding hydrogens is 394 g/mol. The van der Waals surface area contributed by atoms with Crippen molar-refractivity contribution < 1.29 is 23.8 Å². The Morgan fingerprint density at radius 1 is 1.13 bits per heavy atom. The average molecular weight is 421 g/mol. The molecule has 2 aromatic carbocycles. The average Bonchev–Trinajstić information content (AvgIpc) is 3.24. The van der Waals surface area contributed by atoms with Crippen LogP contribution in [0.4, 0.5) is 5.69 Å². The first-order valence-electron chi connectivity index (χ1n) is 10.2. The van der Waals surface area contributed by atoms with Crippen LogP contribution in [-0.2, 0) is 27.2 Å². The first-order chi connectivity index (χ1) is 15.0. The van der Waals surface area contributed by atoms with Crippen LogP contribution in [0, 0.1) is 0 Å². The van der Waals surface area contributed by atoms with Crippen molar-refractivity contribution in [1.29, 1.82) is 0 Å². The van der Waals surface area contributed by atoms with Crippen LogP contribution in [0.25, 0.3) is 6.08 Å². The van der Waals surface area contributed by atoms with E-state index in [1.807, 2.05) is 18.2 Å². The molecule has 0 aromatic heterocycles. The van der Waals surface area contributed by atoms with E-state index in [0.29, 0.717) is 18.1 Å². The van der Waals surface area contributed by atoms with Gasteiger partial charge in [0.15, 0.2) is 17.6 Å². The van der Waals surface area contributed by atoms with Crippen molar-refractivity contribution in [1.82, 2.24) is 0 Å². The summed E-state index contributed by atoms with van der Waals surface area (Å²) in [4.78, 5) is 24.5. The number of rotatable bonds is 9. The van der Waals surface area contributed by atoms with Crippen molar-refractivity contribution >= 4 is 23.6 Å². The Kier molecular flexibility index (Phi) is 7.49. The number of methoxy groups -OCH3 is 1. The van der Waals surface area contributed by atoms with E-state index in [1.165, 1.54) is 17.2 Å². The fraction of sp³-hybridized carbons (Fsp3) is 0.280. The smallest absolute Gasteiger partial charge is 0.331 e. The maximum absolute atomic E-state index is 12.4. The number of fused-ring (bicyclic) bond motifs is 1. The molecule has 0 unspecified atom stereocenters. The Balaban J connectivity index is 1.55. The summed E-state index contributed by atoms with van der Waals surface area (Å²) in [6, 6.07) is 11.2. The molecule has 0 saturated heterocycles. The number of anilines is 1. The normalized spacial score (nSPS) is 13.4. The molecule has 0 aliphatic heterocycles. The quantitative estimate of drug-likeness (QED) is 0.371. The number of amides is 1. The third kappa shape index (κ3) is 5.98. The predicted octanol–water partition coefficient (Wildman–Crippen LogP) is 4.33. The lowest BCUT2D eigenvalue weighted by Gasteiger charge is -2.13. The second kappa shape index (κ2) is 10.5. The second-order valence-electron chi connectivity index (χ2n) is 7.25. The van der Waals surface area contributed by atoms with Gasteiger partial charge in [-0.25, -0.2) is 4.79 Å². The van der Waals surface area contributed by atoms with Gasteiger partial charge in [0, 0.05) is 11.8 Å². The Hall–Kier alpha value is -3.54. The van der Waals surface area contributed by atoms with E-state index in [2.05, 4.69) is 11.9 Å². The van der Waals surface area contributed by atoms with E-state index < -0.39 is 12.1 Å². The number of aryl methyl sites for hydroxylation is 2. The van der Waals surface area contributed by atoms with Gasteiger partial charge in [0.05, 0.1) is 7.11 Å². The number of benzene rings is 2. The summed E-state index contributed by atoms with van der Waals surface area (Å²) in [6.07, 6.45) is 6.84. The van der Waals surface area contributed by atoms with Crippen LogP contribution >= 0.6 is 0 Å². The summed E-state index contributed by atoms with van der Waals surface area (Å²) in [7, 11) is 1.54. The summed E-state index contributed by atoms with van der Waals surface area (Å²) in [5.74, 6) is 0.145. The minimum Gasteiger partial charge on any atom is -0.493 e. The molecule has 0 heterocycles. The predicted molar refractivity (Wildman–Crippen MR) is 120 cm³/mol. The number of nitrogens with one attached hydrogen (secondary N) is 1. The number of carbonyl (C=O) groups is 2. The van der Waals surface area contributed by atoms with Gasteiger partial charge in [0.25, 0.3) is 5.91 Å². The number of hydrogen-bond acceptors (Lipinski definition) is 5. The number of esters is 1. The summed E-state index contributed by atoms with van der Waals surface area (Å²) >= 11 is 0. The van der Waals surface area contributed by atoms with Crippen molar-refractivity contribution in [2.24, 2.45) is 0 Å². The molecular formula is C25H27NO5.